The highest BCUT2D eigenvalue weighted by atomic mass is 16.6. The summed E-state index contributed by atoms with van der Waals surface area (Å²) >= 11 is 0. The van der Waals surface area contributed by atoms with Crippen LogP contribution in [-0.2, 0) is 9.53 Å². The van der Waals surface area contributed by atoms with Crippen LogP contribution in [0.1, 0.15) is 52.7 Å². The highest BCUT2D eigenvalue weighted by molar-refractivity contribution is 5.96. The van der Waals surface area contributed by atoms with Crippen LogP contribution in [0.3, 0.4) is 0 Å². The van der Waals surface area contributed by atoms with Gasteiger partial charge in [0.2, 0.25) is 5.91 Å². The van der Waals surface area contributed by atoms with Crippen LogP contribution in [0.4, 0.5) is 10.6 Å². The van der Waals surface area contributed by atoms with Gasteiger partial charge in [-0.15, -0.1) is 0 Å². The van der Waals surface area contributed by atoms with Crippen LogP contribution < -0.4 is 5.32 Å². The summed E-state index contributed by atoms with van der Waals surface area (Å²) in [4.78, 5) is 25.7. The molecule has 2 N–H and O–H groups in total. The molecule has 7 nitrogen and oxygen atoms in total. The van der Waals surface area contributed by atoms with E-state index in [0.29, 0.717) is 24.7 Å². The number of anilines is 1. The number of hydrogen-bond donors (Lipinski definition) is 2. The van der Waals surface area contributed by atoms with Crippen molar-refractivity contribution in [3.63, 3.8) is 0 Å². The fourth-order valence-corrected chi connectivity index (χ4v) is 2.10. The molecule has 2 rings (SSSR count). The molecule has 0 aliphatic carbocycles. The first-order chi connectivity index (χ1) is 10.2. The molecule has 0 bridgehead atoms. The first kappa shape index (κ1) is 16.3. The minimum atomic E-state index is -0.567. The van der Waals surface area contributed by atoms with Gasteiger partial charge in [0.1, 0.15) is 11.6 Å². The van der Waals surface area contributed by atoms with Gasteiger partial charge in [0.25, 0.3) is 0 Å². The Morgan fingerprint density at radius 1 is 1.45 bits per heavy atom. The van der Waals surface area contributed by atoms with E-state index in [9.17, 15) is 9.59 Å². The molecule has 122 valence electrons. The molecule has 22 heavy (non-hydrogen) atoms. The van der Waals surface area contributed by atoms with Crippen molar-refractivity contribution in [2.24, 2.45) is 0 Å². The Morgan fingerprint density at radius 2 is 2.14 bits per heavy atom. The molecule has 7 heteroatoms. The Kier molecular flexibility index (Phi) is 4.44. The van der Waals surface area contributed by atoms with E-state index < -0.39 is 17.7 Å². The monoisotopic (exact) mass is 308 g/mol. The summed E-state index contributed by atoms with van der Waals surface area (Å²) in [6.07, 6.45) is 0.177. The normalized spacial score (nSPS) is 18.1. The van der Waals surface area contributed by atoms with Gasteiger partial charge in [0, 0.05) is 18.3 Å². The first-order valence-electron chi connectivity index (χ1n) is 7.53. The molecule has 0 aromatic carbocycles. The average molecular weight is 308 g/mol. The lowest BCUT2D eigenvalue weighted by molar-refractivity contribution is -0.125. The molecule has 2 heterocycles. The van der Waals surface area contributed by atoms with Crippen molar-refractivity contribution in [1.29, 1.82) is 0 Å². The Bertz CT molecular complexity index is 559. The molecule has 1 saturated heterocycles. The van der Waals surface area contributed by atoms with E-state index in [0.717, 1.165) is 5.69 Å². The van der Waals surface area contributed by atoms with Gasteiger partial charge in [-0.2, -0.15) is 5.10 Å². The maximum atomic E-state index is 12.2. The number of nitrogens with zero attached hydrogens (tertiary/aromatic N) is 2. The molecule has 2 amide bonds. The fraction of sp³-hybridized carbons (Fsp3) is 0.667. The number of rotatable bonds is 3. The van der Waals surface area contributed by atoms with Crippen LogP contribution in [0.25, 0.3) is 0 Å². The summed E-state index contributed by atoms with van der Waals surface area (Å²) in [6.45, 7) is 10.0. The standard InChI is InChI=1S/C15H24N4O3/c1-9(2)10-8-12(18-17-10)16-13(20)11-6-7-19(11)14(21)22-15(3,4)5/h8-9,11H,6-7H2,1-5H3,(H2,16,17,18,20)/t11-/m1/s1. The van der Waals surface area contributed by atoms with Crippen molar-refractivity contribution in [2.75, 3.05) is 11.9 Å². The van der Waals surface area contributed by atoms with Crippen LogP contribution >= 0.6 is 0 Å². The maximum Gasteiger partial charge on any atom is 0.410 e. The Hall–Kier alpha value is -2.05. The maximum absolute atomic E-state index is 12.2. The van der Waals surface area contributed by atoms with Crippen LogP contribution in [0.15, 0.2) is 6.07 Å². The molecule has 1 aromatic rings. The van der Waals surface area contributed by atoms with E-state index >= 15 is 0 Å². The quantitative estimate of drug-likeness (QED) is 0.898. The number of carbonyl (C=O) groups is 2. The van der Waals surface area contributed by atoms with E-state index in [1.54, 1.807) is 26.8 Å². The number of amides is 2. The number of ether oxygens (including phenoxy) is 1. The molecule has 1 aliphatic rings. The summed E-state index contributed by atoms with van der Waals surface area (Å²) in [6, 6.07) is 1.31. The number of hydrogen-bond acceptors (Lipinski definition) is 4. The zero-order valence-electron chi connectivity index (χ0n) is 13.8. The number of nitrogens with one attached hydrogen (secondary N) is 2. The minimum Gasteiger partial charge on any atom is -0.444 e. The SMILES string of the molecule is CC(C)c1cc(NC(=O)[C@H]2CCN2C(=O)OC(C)(C)C)n[nH]1. The first-order valence-corrected chi connectivity index (χ1v) is 7.53. The van der Waals surface area contributed by atoms with Crippen LogP contribution in [-0.4, -0.2) is 45.3 Å². The molecule has 1 aliphatic heterocycles. The van der Waals surface area contributed by atoms with Gasteiger partial charge in [-0.25, -0.2) is 4.79 Å². The number of carbonyl (C=O) groups excluding carboxylic acids is 2. The molecule has 0 unspecified atom stereocenters. The zero-order valence-corrected chi connectivity index (χ0v) is 13.8. The summed E-state index contributed by atoms with van der Waals surface area (Å²) < 4.78 is 5.29. The number of aromatic nitrogens is 2. The van der Waals surface area contributed by atoms with Gasteiger partial charge >= 0.3 is 6.09 Å². The Labute approximate surface area is 130 Å². The summed E-state index contributed by atoms with van der Waals surface area (Å²) in [5.74, 6) is 0.545. The molecular weight excluding hydrogens is 284 g/mol. The van der Waals surface area contributed by atoms with Gasteiger partial charge in [0.15, 0.2) is 5.82 Å². The fourth-order valence-electron chi connectivity index (χ4n) is 2.10. The van der Waals surface area contributed by atoms with Crippen molar-refractivity contribution in [1.82, 2.24) is 15.1 Å². The van der Waals surface area contributed by atoms with E-state index in [2.05, 4.69) is 15.5 Å². The van der Waals surface area contributed by atoms with Crippen LogP contribution in [0.5, 0.6) is 0 Å². The number of aromatic amines is 1. The van der Waals surface area contributed by atoms with Gasteiger partial charge in [-0.3, -0.25) is 14.8 Å². The second kappa shape index (κ2) is 5.98. The third kappa shape index (κ3) is 3.78. The van der Waals surface area contributed by atoms with Crippen LogP contribution in [0, 0.1) is 0 Å². The lowest BCUT2D eigenvalue weighted by Crippen LogP contribution is -2.57. The molecule has 1 aromatic heterocycles. The number of likely N-dealkylation sites (tertiary alicyclic amines) is 1. The average Bonchev–Trinajstić information content (AvgIpc) is 2.72. The van der Waals surface area contributed by atoms with Gasteiger partial charge in [0.05, 0.1) is 0 Å². The second-order valence-corrected chi connectivity index (χ2v) is 6.83. The van der Waals surface area contributed by atoms with Crippen molar-refractivity contribution < 1.29 is 14.3 Å². The number of H-pyrrole nitrogens is 1. The highest BCUT2D eigenvalue weighted by Gasteiger charge is 2.40. The Morgan fingerprint density at radius 3 is 2.59 bits per heavy atom. The van der Waals surface area contributed by atoms with Gasteiger partial charge < -0.3 is 10.1 Å². The third-order valence-corrected chi connectivity index (χ3v) is 3.42. The van der Waals surface area contributed by atoms with Crippen LogP contribution in [0.2, 0.25) is 0 Å². The van der Waals surface area contributed by atoms with Crippen molar-refractivity contribution in [3.05, 3.63) is 11.8 Å². The van der Waals surface area contributed by atoms with Crippen molar-refractivity contribution in [3.8, 4) is 0 Å². The van der Waals surface area contributed by atoms with Crippen molar-refractivity contribution >= 4 is 17.8 Å². The predicted molar refractivity (Wildman–Crippen MR) is 82.7 cm³/mol. The molecule has 0 radical (unpaired) electrons. The third-order valence-electron chi connectivity index (χ3n) is 3.42. The minimum absolute atomic E-state index is 0.237. The molecule has 0 saturated carbocycles. The lowest BCUT2D eigenvalue weighted by atomic mass is 10.0. The highest BCUT2D eigenvalue weighted by Crippen LogP contribution is 2.23. The van der Waals surface area contributed by atoms with E-state index in [-0.39, 0.29) is 5.91 Å². The largest absolute Gasteiger partial charge is 0.444 e. The van der Waals surface area contributed by atoms with Crippen molar-refractivity contribution in [2.45, 2.75) is 58.6 Å². The predicted octanol–water partition coefficient (Wildman–Crippen LogP) is 2.48. The smallest absolute Gasteiger partial charge is 0.410 e. The molecule has 1 fully saturated rings. The van der Waals surface area contributed by atoms with E-state index in [4.69, 9.17) is 4.74 Å². The summed E-state index contributed by atoms with van der Waals surface area (Å²) in [5.41, 5.74) is 0.384. The van der Waals surface area contributed by atoms with E-state index in [1.807, 2.05) is 13.8 Å². The summed E-state index contributed by atoms with van der Waals surface area (Å²) in [5, 5.41) is 9.67. The van der Waals surface area contributed by atoms with E-state index in [1.165, 1.54) is 4.90 Å². The Balaban J connectivity index is 1.93. The summed E-state index contributed by atoms with van der Waals surface area (Å²) in [7, 11) is 0. The zero-order chi connectivity index (χ0) is 16.5. The molecule has 0 spiro atoms. The van der Waals surface area contributed by atoms with Gasteiger partial charge in [-0.1, -0.05) is 13.8 Å². The molecular formula is C15H24N4O3. The van der Waals surface area contributed by atoms with Gasteiger partial charge in [-0.05, 0) is 33.1 Å². The lowest BCUT2D eigenvalue weighted by Gasteiger charge is -2.39. The second-order valence-electron chi connectivity index (χ2n) is 6.83. The molecule has 1 atom stereocenters. The topological polar surface area (TPSA) is 87.3 Å².